The van der Waals surface area contributed by atoms with Gasteiger partial charge in [-0.1, -0.05) is 18.2 Å². The molecule has 0 aliphatic heterocycles. The summed E-state index contributed by atoms with van der Waals surface area (Å²) in [6.45, 7) is 5.03. The molecular formula is C15H17NO3. The fourth-order valence-corrected chi connectivity index (χ4v) is 2.32. The predicted octanol–water partition coefficient (Wildman–Crippen LogP) is 2.21. The van der Waals surface area contributed by atoms with Gasteiger partial charge in [-0.3, -0.25) is 9.59 Å². The van der Waals surface area contributed by atoms with Gasteiger partial charge in [0.25, 0.3) is 5.56 Å². The van der Waals surface area contributed by atoms with Crippen LogP contribution in [0, 0.1) is 6.92 Å². The topological polar surface area (TPSA) is 59.3 Å². The minimum atomic E-state index is -1.20. The third-order valence-electron chi connectivity index (χ3n) is 3.65. The van der Waals surface area contributed by atoms with E-state index in [0.717, 1.165) is 16.5 Å². The Balaban J connectivity index is 2.91. The SMILES string of the molecule is Cc1cccc2cc(C(C)(C)C(=O)O)c(=O)n(C)c12. The van der Waals surface area contributed by atoms with Gasteiger partial charge in [-0.25, -0.2) is 0 Å². The Morgan fingerprint density at radius 3 is 2.53 bits per heavy atom. The number of hydrogen-bond donors (Lipinski definition) is 1. The number of aromatic nitrogens is 1. The zero-order valence-corrected chi connectivity index (χ0v) is 11.5. The lowest BCUT2D eigenvalue weighted by molar-refractivity contribution is -0.142. The number of carboxylic acids is 1. The van der Waals surface area contributed by atoms with Gasteiger partial charge < -0.3 is 9.67 Å². The van der Waals surface area contributed by atoms with Gasteiger partial charge in [0.1, 0.15) is 0 Å². The number of pyridine rings is 1. The molecule has 0 aliphatic carbocycles. The summed E-state index contributed by atoms with van der Waals surface area (Å²) < 4.78 is 1.53. The maximum atomic E-state index is 12.4. The first-order chi connectivity index (χ1) is 8.76. The van der Waals surface area contributed by atoms with Crippen molar-refractivity contribution in [3.63, 3.8) is 0 Å². The molecule has 0 fully saturated rings. The van der Waals surface area contributed by atoms with E-state index in [9.17, 15) is 14.7 Å². The first kappa shape index (κ1) is 13.3. The average molecular weight is 259 g/mol. The van der Waals surface area contributed by atoms with Gasteiger partial charge >= 0.3 is 5.97 Å². The third-order valence-corrected chi connectivity index (χ3v) is 3.65. The maximum absolute atomic E-state index is 12.4. The normalized spacial score (nSPS) is 11.8. The van der Waals surface area contributed by atoms with Gasteiger partial charge in [0, 0.05) is 12.6 Å². The van der Waals surface area contributed by atoms with E-state index in [1.165, 1.54) is 4.57 Å². The number of aryl methyl sites for hydroxylation is 2. The summed E-state index contributed by atoms with van der Waals surface area (Å²) in [5.41, 5.74) is 0.691. The molecular weight excluding hydrogens is 242 g/mol. The monoisotopic (exact) mass is 259 g/mol. The number of para-hydroxylation sites is 1. The summed E-state index contributed by atoms with van der Waals surface area (Å²) in [5, 5.41) is 10.2. The number of carboxylic acid groups (broad SMARTS) is 1. The van der Waals surface area contributed by atoms with Crippen LogP contribution in [0.25, 0.3) is 10.9 Å². The average Bonchev–Trinajstić information content (AvgIpc) is 2.33. The molecule has 0 amide bonds. The van der Waals surface area contributed by atoms with Crippen LogP contribution in [0.2, 0.25) is 0 Å². The molecule has 0 atom stereocenters. The van der Waals surface area contributed by atoms with Crippen molar-refractivity contribution in [3.05, 3.63) is 45.7 Å². The van der Waals surface area contributed by atoms with Crippen molar-refractivity contribution in [2.45, 2.75) is 26.2 Å². The summed E-state index contributed by atoms with van der Waals surface area (Å²) in [6, 6.07) is 7.42. The molecule has 0 bridgehead atoms. The van der Waals surface area contributed by atoms with Gasteiger partial charge in [0.15, 0.2) is 0 Å². The van der Waals surface area contributed by atoms with E-state index in [-0.39, 0.29) is 5.56 Å². The van der Waals surface area contributed by atoms with Crippen molar-refractivity contribution in [1.29, 1.82) is 0 Å². The summed E-state index contributed by atoms with van der Waals surface area (Å²) in [7, 11) is 1.68. The molecule has 1 N–H and O–H groups in total. The molecule has 1 aromatic heterocycles. The second-order valence-corrected chi connectivity index (χ2v) is 5.37. The molecule has 0 saturated carbocycles. The number of nitrogens with zero attached hydrogens (tertiary/aromatic N) is 1. The lowest BCUT2D eigenvalue weighted by Crippen LogP contribution is -2.37. The van der Waals surface area contributed by atoms with Gasteiger partial charge in [0.05, 0.1) is 10.9 Å². The van der Waals surface area contributed by atoms with E-state index in [2.05, 4.69) is 0 Å². The van der Waals surface area contributed by atoms with E-state index < -0.39 is 11.4 Å². The van der Waals surface area contributed by atoms with Crippen LogP contribution in [-0.2, 0) is 17.3 Å². The molecule has 1 heterocycles. The van der Waals surface area contributed by atoms with Gasteiger partial charge in [-0.2, -0.15) is 0 Å². The Labute approximate surface area is 111 Å². The summed E-state index contributed by atoms with van der Waals surface area (Å²) in [4.78, 5) is 23.7. The van der Waals surface area contributed by atoms with Crippen molar-refractivity contribution < 1.29 is 9.90 Å². The predicted molar refractivity (Wildman–Crippen MR) is 74.6 cm³/mol. The number of rotatable bonds is 2. The first-order valence-electron chi connectivity index (χ1n) is 6.10. The van der Waals surface area contributed by atoms with Crippen molar-refractivity contribution in [1.82, 2.24) is 4.57 Å². The van der Waals surface area contributed by atoms with Crippen LogP contribution in [0.1, 0.15) is 25.0 Å². The fraction of sp³-hybridized carbons (Fsp3) is 0.333. The van der Waals surface area contributed by atoms with Crippen LogP contribution in [0.15, 0.2) is 29.1 Å². The van der Waals surface area contributed by atoms with Crippen LogP contribution >= 0.6 is 0 Å². The molecule has 100 valence electrons. The first-order valence-corrected chi connectivity index (χ1v) is 6.10. The molecule has 2 aromatic rings. The molecule has 0 unspecified atom stereocenters. The maximum Gasteiger partial charge on any atom is 0.313 e. The van der Waals surface area contributed by atoms with Crippen LogP contribution in [0.5, 0.6) is 0 Å². The highest BCUT2D eigenvalue weighted by Gasteiger charge is 2.33. The smallest absolute Gasteiger partial charge is 0.313 e. The van der Waals surface area contributed by atoms with E-state index in [1.807, 2.05) is 25.1 Å². The van der Waals surface area contributed by atoms with Crippen LogP contribution < -0.4 is 5.56 Å². The van der Waals surface area contributed by atoms with Gasteiger partial charge in [0.2, 0.25) is 0 Å². The quantitative estimate of drug-likeness (QED) is 0.899. The number of benzene rings is 1. The molecule has 0 aliphatic rings. The van der Waals surface area contributed by atoms with Crippen molar-refractivity contribution in [2.24, 2.45) is 7.05 Å². The summed E-state index contributed by atoms with van der Waals surface area (Å²) in [6.07, 6.45) is 0. The second-order valence-electron chi connectivity index (χ2n) is 5.37. The largest absolute Gasteiger partial charge is 0.481 e. The number of fused-ring (bicyclic) bond motifs is 1. The van der Waals surface area contributed by atoms with Crippen LogP contribution in [0.3, 0.4) is 0 Å². The van der Waals surface area contributed by atoms with E-state index >= 15 is 0 Å². The highest BCUT2D eigenvalue weighted by atomic mass is 16.4. The van der Waals surface area contributed by atoms with Crippen molar-refractivity contribution in [3.8, 4) is 0 Å². The third kappa shape index (κ3) is 1.93. The van der Waals surface area contributed by atoms with E-state index in [0.29, 0.717) is 5.56 Å². The number of hydrogen-bond acceptors (Lipinski definition) is 2. The minimum absolute atomic E-state index is 0.255. The van der Waals surface area contributed by atoms with Crippen LogP contribution in [-0.4, -0.2) is 15.6 Å². The minimum Gasteiger partial charge on any atom is -0.481 e. The number of aliphatic carboxylic acids is 1. The molecule has 4 heteroatoms. The molecule has 0 saturated heterocycles. The molecule has 0 radical (unpaired) electrons. The lowest BCUT2D eigenvalue weighted by atomic mass is 9.85. The van der Waals surface area contributed by atoms with E-state index in [4.69, 9.17) is 0 Å². The standard InChI is InChI=1S/C15H17NO3/c1-9-6-5-7-10-8-11(15(2,3)14(18)19)13(17)16(4)12(9)10/h5-8H,1-4H3,(H,18,19). The fourth-order valence-electron chi connectivity index (χ4n) is 2.32. The van der Waals surface area contributed by atoms with Crippen LogP contribution in [0.4, 0.5) is 0 Å². The molecule has 4 nitrogen and oxygen atoms in total. The van der Waals surface area contributed by atoms with E-state index in [1.54, 1.807) is 27.0 Å². The Bertz CT molecular complexity index is 726. The molecule has 0 spiro atoms. The van der Waals surface area contributed by atoms with Gasteiger partial charge in [-0.05, 0) is 37.8 Å². The Morgan fingerprint density at radius 1 is 1.32 bits per heavy atom. The number of carbonyl (C=O) groups is 1. The lowest BCUT2D eigenvalue weighted by Gasteiger charge is -2.21. The summed E-state index contributed by atoms with van der Waals surface area (Å²) >= 11 is 0. The van der Waals surface area contributed by atoms with Gasteiger partial charge in [-0.15, -0.1) is 0 Å². The Kier molecular flexibility index (Phi) is 2.97. The summed E-state index contributed by atoms with van der Waals surface area (Å²) in [5.74, 6) is -1.00. The zero-order valence-electron chi connectivity index (χ0n) is 11.5. The molecule has 2 rings (SSSR count). The molecule has 1 aromatic carbocycles. The molecule has 19 heavy (non-hydrogen) atoms. The van der Waals surface area contributed by atoms with Crippen molar-refractivity contribution >= 4 is 16.9 Å². The van der Waals surface area contributed by atoms with Crippen molar-refractivity contribution in [2.75, 3.05) is 0 Å². The second kappa shape index (κ2) is 4.23. The Morgan fingerprint density at radius 2 is 1.95 bits per heavy atom. The highest BCUT2D eigenvalue weighted by Crippen LogP contribution is 2.25. The Hall–Kier alpha value is -2.10. The zero-order chi connectivity index (χ0) is 14.4. The highest BCUT2D eigenvalue weighted by molar-refractivity contribution is 5.86.